The number of likely N-dealkylation sites (tertiary alicyclic amines) is 1. The number of hydrogen-bond acceptors (Lipinski definition) is 5. The molecular formula is C21H24N4O3S. The topological polar surface area (TPSA) is 96.0 Å². The Morgan fingerprint density at radius 1 is 1.10 bits per heavy atom. The van der Waals surface area contributed by atoms with E-state index in [-0.39, 0.29) is 10.8 Å². The van der Waals surface area contributed by atoms with Gasteiger partial charge in [0.15, 0.2) is 15.5 Å². The Kier molecular flexibility index (Phi) is 5.12. The second-order valence-electron chi connectivity index (χ2n) is 7.63. The van der Waals surface area contributed by atoms with Crippen LogP contribution in [-0.2, 0) is 9.84 Å². The molecule has 4 rings (SSSR count). The van der Waals surface area contributed by atoms with Gasteiger partial charge in [-0.1, -0.05) is 12.1 Å². The Labute approximate surface area is 170 Å². The van der Waals surface area contributed by atoms with Gasteiger partial charge in [0.2, 0.25) is 0 Å². The molecule has 1 amide bonds. The molecule has 0 unspecified atom stereocenters. The first-order valence-electron chi connectivity index (χ1n) is 9.85. The van der Waals surface area contributed by atoms with Crippen molar-refractivity contribution in [1.82, 2.24) is 19.9 Å². The fourth-order valence-corrected chi connectivity index (χ4v) is 4.61. The molecule has 3 heterocycles. The Morgan fingerprint density at radius 3 is 2.45 bits per heavy atom. The van der Waals surface area contributed by atoms with Crippen LogP contribution in [0.15, 0.2) is 41.6 Å². The molecule has 1 aliphatic heterocycles. The first kappa shape index (κ1) is 19.6. The van der Waals surface area contributed by atoms with E-state index in [1.807, 2.05) is 4.90 Å². The number of H-pyrrole nitrogens is 1. The maximum absolute atomic E-state index is 12.9. The summed E-state index contributed by atoms with van der Waals surface area (Å²) in [5.41, 5.74) is 2.97. The molecule has 1 saturated heterocycles. The van der Waals surface area contributed by atoms with Crippen molar-refractivity contribution in [2.24, 2.45) is 0 Å². The van der Waals surface area contributed by atoms with Gasteiger partial charge in [0, 0.05) is 24.8 Å². The molecular weight excluding hydrogens is 388 g/mol. The first-order chi connectivity index (χ1) is 13.9. The summed E-state index contributed by atoms with van der Waals surface area (Å²) in [6.45, 7) is 4.86. The van der Waals surface area contributed by atoms with E-state index in [9.17, 15) is 13.2 Å². The fourth-order valence-electron chi connectivity index (χ4n) is 3.55. The molecule has 7 nitrogen and oxygen atoms in total. The molecule has 0 bridgehead atoms. The van der Waals surface area contributed by atoms with Crippen molar-refractivity contribution in [1.29, 1.82) is 0 Å². The molecule has 29 heavy (non-hydrogen) atoms. The van der Waals surface area contributed by atoms with Gasteiger partial charge in [-0.2, -0.15) is 0 Å². The van der Waals surface area contributed by atoms with Gasteiger partial charge in [0.1, 0.15) is 5.52 Å². The van der Waals surface area contributed by atoms with Gasteiger partial charge in [0.05, 0.1) is 27.6 Å². The van der Waals surface area contributed by atoms with Gasteiger partial charge in [0.25, 0.3) is 5.91 Å². The summed E-state index contributed by atoms with van der Waals surface area (Å²) in [4.78, 5) is 27.1. The third kappa shape index (κ3) is 3.64. The standard InChI is InChI=1S/C21H24N4O3S/c1-14(2)29(27,28)16-8-6-15(7-9-16)18-13-23-20-19(24-18)17(12-22-20)21(26)25-10-4-3-5-11-25/h6-9,12-14H,3-5,10-11H2,1-2H3,(H,22,23). The number of amides is 1. The predicted octanol–water partition coefficient (Wildman–Crippen LogP) is 3.43. The molecule has 1 aliphatic rings. The van der Waals surface area contributed by atoms with E-state index in [0.29, 0.717) is 22.4 Å². The predicted molar refractivity (Wildman–Crippen MR) is 111 cm³/mol. The van der Waals surface area contributed by atoms with E-state index < -0.39 is 15.1 Å². The first-order valence-corrected chi connectivity index (χ1v) is 11.4. The minimum Gasteiger partial charge on any atom is -0.344 e. The lowest BCUT2D eigenvalue weighted by molar-refractivity contribution is 0.0726. The molecule has 0 aliphatic carbocycles. The number of carbonyl (C=O) groups is 1. The molecule has 8 heteroatoms. The Hall–Kier alpha value is -2.74. The van der Waals surface area contributed by atoms with Gasteiger partial charge in [-0.15, -0.1) is 0 Å². The molecule has 0 atom stereocenters. The van der Waals surface area contributed by atoms with Crippen LogP contribution in [0.5, 0.6) is 0 Å². The number of aromatic amines is 1. The second kappa shape index (κ2) is 7.59. The van der Waals surface area contributed by atoms with Crippen molar-refractivity contribution in [2.75, 3.05) is 13.1 Å². The highest BCUT2D eigenvalue weighted by molar-refractivity contribution is 7.92. The van der Waals surface area contributed by atoms with Crippen molar-refractivity contribution >= 4 is 26.9 Å². The summed E-state index contributed by atoms with van der Waals surface area (Å²) in [6.07, 6.45) is 6.50. The van der Waals surface area contributed by atoms with Crippen LogP contribution >= 0.6 is 0 Å². The number of nitrogens with zero attached hydrogens (tertiary/aromatic N) is 3. The zero-order chi connectivity index (χ0) is 20.6. The Balaban J connectivity index is 1.68. The van der Waals surface area contributed by atoms with Crippen LogP contribution < -0.4 is 0 Å². The lowest BCUT2D eigenvalue weighted by Gasteiger charge is -2.26. The molecule has 0 saturated carbocycles. The van der Waals surface area contributed by atoms with E-state index >= 15 is 0 Å². The van der Waals surface area contributed by atoms with Crippen LogP contribution in [-0.4, -0.2) is 52.5 Å². The van der Waals surface area contributed by atoms with E-state index in [0.717, 1.165) is 37.9 Å². The van der Waals surface area contributed by atoms with Crippen LogP contribution in [0.4, 0.5) is 0 Å². The van der Waals surface area contributed by atoms with Gasteiger partial charge >= 0.3 is 0 Å². The summed E-state index contributed by atoms with van der Waals surface area (Å²) in [5, 5.41) is -0.479. The summed E-state index contributed by atoms with van der Waals surface area (Å²) < 4.78 is 24.6. The summed E-state index contributed by atoms with van der Waals surface area (Å²) in [6, 6.07) is 6.63. The molecule has 152 valence electrons. The summed E-state index contributed by atoms with van der Waals surface area (Å²) in [7, 11) is -3.32. The number of aromatic nitrogens is 3. The van der Waals surface area contributed by atoms with Crippen LogP contribution in [0.1, 0.15) is 43.5 Å². The smallest absolute Gasteiger partial charge is 0.257 e. The largest absolute Gasteiger partial charge is 0.344 e. The molecule has 3 aromatic rings. The molecule has 1 aromatic carbocycles. The summed E-state index contributed by atoms with van der Waals surface area (Å²) >= 11 is 0. The van der Waals surface area contributed by atoms with Crippen LogP contribution in [0.25, 0.3) is 22.4 Å². The maximum Gasteiger partial charge on any atom is 0.257 e. The zero-order valence-corrected chi connectivity index (χ0v) is 17.4. The molecule has 0 spiro atoms. The van der Waals surface area contributed by atoms with Gasteiger partial charge in [-0.25, -0.2) is 18.4 Å². The Morgan fingerprint density at radius 2 is 1.79 bits per heavy atom. The highest BCUT2D eigenvalue weighted by Crippen LogP contribution is 2.25. The lowest BCUT2D eigenvalue weighted by Crippen LogP contribution is -2.35. The zero-order valence-electron chi connectivity index (χ0n) is 16.6. The average molecular weight is 413 g/mol. The monoisotopic (exact) mass is 412 g/mol. The number of hydrogen-bond donors (Lipinski definition) is 1. The van der Waals surface area contributed by atoms with Crippen molar-refractivity contribution in [3.63, 3.8) is 0 Å². The Bertz CT molecular complexity index is 1140. The van der Waals surface area contributed by atoms with E-state index in [1.165, 1.54) is 0 Å². The van der Waals surface area contributed by atoms with Crippen molar-refractivity contribution < 1.29 is 13.2 Å². The number of nitrogens with one attached hydrogen (secondary N) is 1. The third-order valence-electron chi connectivity index (χ3n) is 5.35. The van der Waals surface area contributed by atoms with E-state index in [2.05, 4.69) is 15.0 Å². The van der Waals surface area contributed by atoms with Gasteiger partial charge < -0.3 is 9.88 Å². The summed E-state index contributed by atoms with van der Waals surface area (Å²) in [5.74, 6) is -0.0271. The van der Waals surface area contributed by atoms with E-state index in [1.54, 1.807) is 50.5 Å². The number of sulfone groups is 1. The van der Waals surface area contributed by atoms with Crippen molar-refractivity contribution in [2.45, 2.75) is 43.3 Å². The van der Waals surface area contributed by atoms with Gasteiger partial charge in [-0.05, 0) is 45.2 Å². The fraction of sp³-hybridized carbons (Fsp3) is 0.381. The van der Waals surface area contributed by atoms with Crippen LogP contribution in [0.2, 0.25) is 0 Å². The van der Waals surface area contributed by atoms with Crippen LogP contribution in [0, 0.1) is 0 Å². The number of fused-ring (bicyclic) bond motifs is 1. The highest BCUT2D eigenvalue weighted by Gasteiger charge is 2.23. The van der Waals surface area contributed by atoms with Gasteiger partial charge in [-0.3, -0.25) is 4.79 Å². The number of carbonyl (C=O) groups excluding carboxylic acids is 1. The minimum absolute atomic E-state index is 0.0271. The average Bonchev–Trinajstić information content (AvgIpc) is 3.17. The SMILES string of the molecule is CC(C)S(=O)(=O)c1ccc(-c2cnc3[nH]cc(C(=O)N4CCCCC4)c3n2)cc1. The minimum atomic E-state index is -3.32. The molecule has 1 fully saturated rings. The lowest BCUT2D eigenvalue weighted by atomic mass is 10.1. The number of piperidine rings is 1. The third-order valence-corrected chi connectivity index (χ3v) is 7.52. The normalized spacial score (nSPS) is 15.2. The maximum atomic E-state index is 12.9. The molecule has 2 aromatic heterocycles. The highest BCUT2D eigenvalue weighted by atomic mass is 32.2. The quantitative estimate of drug-likeness (QED) is 0.708. The van der Waals surface area contributed by atoms with Crippen LogP contribution in [0.3, 0.4) is 0 Å². The van der Waals surface area contributed by atoms with Crippen molar-refractivity contribution in [3.05, 3.63) is 42.2 Å². The number of rotatable bonds is 4. The molecule has 0 radical (unpaired) electrons. The molecule has 1 N–H and O–H groups in total. The number of benzene rings is 1. The van der Waals surface area contributed by atoms with E-state index in [4.69, 9.17) is 0 Å². The van der Waals surface area contributed by atoms with Crippen molar-refractivity contribution in [3.8, 4) is 11.3 Å². The second-order valence-corrected chi connectivity index (χ2v) is 10.1.